The van der Waals surface area contributed by atoms with Crippen LogP contribution >= 0.6 is 0 Å². The predicted molar refractivity (Wildman–Crippen MR) is 39.7 cm³/mol. The van der Waals surface area contributed by atoms with E-state index in [4.69, 9.17) is 0 Å². The molecule has 3 nitrogen and oxygen atoms in total. The zero-order chi connectivity index (χ0) is 8.27. The summed E-state index contributed by atoms with van der Waals surface area (Å²) in [6.45, 7) is 0. The van der Waals surface area contributed by atoms with Crippen molar-refractivity contribution in [2.75, 3.05) is 0 Å². The molecule has 0 saturated heterocycles. The Morgan fingerprint density at radius 3 is 2.17 bits per heavy atom. The Labute approximate surface area is 94.7 Å². The van der Waals surface area contributed by atoms with Gasteiger partial charge in [0.25, 0.3) is 0 Å². The fourth-order valence-electron chi connectivity index (χ4n) is 0.670. The molecule has 0 radical (unpaired) electrons. The van der Waals surface area contributed by atoms with Crippen LogP contribution in [0.1, 0.15) is 10.4 Å². The Bertz CT molecular complexity index is 286. The molecule has 0 amide bonds. The van der Waals surface area contributed by atoms with Crippen LogP contribution < -0.4 is 29.6 Å². The maximum absolute atomic E-state index is 10.7. The second-order valence-electron chi connectivity index (χ2n) is 1.89. The van der Waals surface area contributed by atoms with Crippen molar-refractivity contribution in [3.05, 3.63) is 35.9 Å². The van der Waals surface area contributed by atoms with Crippen LogP contribution in [0.25, 0.3) is 0 Å². The molecular formula is C7H5NaO3S. The second kappa shape index (κ2) is 5.61. The molecule has 0 bridgehead atoms. The monoisotopic (exact) mass is 192 g/mol. The number of benzene rings is 1. The van der Waals surface area contributed by atoms with E-state index in [1.54, 1.807) is 18.2 Å². The average molecular weight is 192 g/mol. The van der Waals surface area contributed by atoms with E-state index in [0.29, 0.717) is 0 Å². The Morgan fingerprint density at radius 2 is 1.75 bits per heavy atom. The molecule has 58 valence electrons. The average Bonchev–Trinajstić information content (AvgIpc) is 2.05. The van der Waals surface area contributed by atoms with Gasteiger partial charge in [-0.05, 0) is 0 Å². The van der Waals surface area contributed by atoms with Gasteiger partial charge in [-0.15, -0.1) is 0 Å². The molecule has 0 aromatic heterocycles. The summed E-state index contributed by atoms with van der Waals surface area (Å²) in [4.78, 5) is 10.7. The number of carbonyl (C=O) groups excluding carboxylic acids is 1. The SMILES string of the molecule is O=C(c1ccccc1)S(=O)[O-].[Na+]. The fourth-order valence-corrected chi connectivity index (χ4v) is 0.999. The molecule has 0 spiro atoms. The fraction of sp³-hybridized carbons (Fsp3) is 0. The number of rotatable bonds is 1. The topological polar surface area (TPSA) is 57.2 Å². The summed E-state index contributed by atoms with van der Waals surface area (Å²) in [7, 11) is 0. The largest absolute Gasteiger partial charge is 1.00 e. The minimum absolute atomic E-state index is 0. The summed E-state index contributed by atoms with van der Waals surface area (Å²) in [5.41, 5.74) is 0.195. The molecule has 0 saturated carbocycles. The van der Waals surface area contributed by atoms with Crippen molar-refractivity contribution in [1.82, 2.24) is 0 Å². The van der Waals surface area contributed by atoms with Crippen molar-refractivity contribution in [3.8, 4) is 0 Å². The molecule has 0 heterocycles. The van der Waals surface area contributed by atoms with Crippen molar-refractivity contribution in [1.29, 1.82) is 0 Å². The van der Waals surface area contributed by atoms with Crippen LogP contribution in [0.2, 0.25) is 0 Å². The van der Waals surface area contributed by atoms with Gasteiger partial charge in [0, 0.05) is 16.6 Å². The first-order valence-electron chi connectivity index (χ1n) is 2.90. The Morgan fingerprint density at radius 1 is 1.25 bits per heavy atom. The van der Waals surface area contributed by atoms with Crippen LogP contribution in [0.4, 0.5) is 0 Å². The molecule has 1 aromatic rings. The van der Waals surface area contributed by atoms with E-state index in [-0.39, 0.29) is 35.1 Å². The van der Waals surface area contributed by atoms with E-state index < -0.39 is 16.2 Å². The zero-order valence-electron chi connectivity index (χ0n) is 6.52. The molecule has 0 N–H and O–H groups in total. The van der Waals surface area contributed by atoms with E-state index in [2.05, 4.69) is 0 Å². The number of hydrogen-bond acceptors (Lipinski definition) is 3. The van der Waals surface area contributed by atoms with Crippen LogP contribution in [0, 0.1) is 0 Å². The second-order valence-corrected chi connectivity index (χ2v) is 2.73. The van der Waals surface area contributed by atoms with Gasteiger partial charge < -0.3 is 4.55 Å². The maximum Gasteiger partial charge on any atom is 1.00 e. The summed E-state index contributed by atoms with van der Waals surface area (Å²) >= 11 is -2.65. The molecule has 0 fully saturated rings. The number of carbonyl (C=O) groups is 1. The van der Waals surface area contributed by atoms with Gasteiger partial charge in [-0.1, -0.05) is 30.3 Å². The molecule has 0 aliphatic rings. The molecule has 12 heavy (non-hydrogen) atoms. The standard InChI is InChI=1S/C7H6O3S.Na/c8-7(11(9)10)6-4-2-1-3-5-6;/h1-5H,(H,9,10);/q;+1/p-1. The summed E-state index contributed by atoms with van der Waals surface area (Å²) in [6, 6.07) is 7.85. The maximum atomic E-state index is 10.7. The van der Waals surface area contributed by atoms with Crippen molar-refractivity contribution < 1.29 is 43.1 Å². The summed E-state index contributed by atoms with van der Waals surface area (Å²) in [6.07, 6.45) is 0. The Kier molecular flexibility index (Phi) is 5.61. The predicted octanol–water partition coefficient (Wildman–Crippen LogP) is -2.29. The van der Waals surface area contributed by atoms with E-state index in [9.17, 15) is 13.6 Å². The van der Waals surface area contributed by atoms with E-state index in [1.807, 2.05) is 0 Å². The van der Waals surface area contributed by atoms with E-state index >= 15 is 0 Å². The van der Waals surface area contributed by atoms with Gasteiger partial charge in [0.05, 0.1) is 0 Å². The Balaban J connectivity index is 0.00000121. The van der Waals surface area contributed by atoms with Gasteiger partial charge in [-0.2, -0.15) is 0 Å². The van der Waals surface area contributed by atoms with Crippen LogP contribution in [-0.2, 0) is 11.1 Å². The van der Waals surface area contributed by atoms with Crippen molar-refractivity contribution in [2.24, 2.45) is 0 Å². The molecule has 1 rings (SSSR count). The third kappa shape index (κ3) is 3.16. The summed E-state index contributed by atoms with van der Waals surface area (Å²) in [5.74, 6) is 0. The van der Waals surface area contributed by atoms with E-state index in [1.165, 1.54) is 12.1 Å². The minimum Gasteiger partial charge on any atom is -0.766 e. The molecule has 0 aliphatic heterocycles. The minimum atomic E-state index is -2.65. The Hall–Kier alpha value is -0.000000000000000222. The van der Waals surface area contributed by atoms with Gasteiger partial charge in [-0.25, -0.2) is 0 Å². The van der Waals surface area contributed by atoms with Gasteiger partial charge in [0.2, 0.25) is 5.12 Å². The van der Waals surface area contributed by atoms with Crippen LogP contribution in [0.3, 0.4) is 0 Å². The van der Waals surface area contributed by atoms with Gasteiger partial charge in [0.15, 0.2) is 0 Å². The van der Waals surface area contributed by atoms with Gasteiger partial charge >= 0.3 is 29.6 Å². The molecular weight excluding hydrogens is 187 g/mol. The molecule has 1 unspecified atom stereocenters. The third-order valence-corrected chi connectivity index (χ3v) is 1.70. The first kappa shape index (κ1) is 12.0. The third-order valence-electron chi connectivity index (χ3n) is 1.16. The van der Waals surface area contributed by atoms with Crippen molar-refractivity contribution in [2.45, 2.75) is 0 Å². The molecule has 1 atom stereocenters. The zero-order valence-corrected chi connectivity index (χ0v) is 9.34. The van der Waals surface area contributed by atoms with Crippen molar-refractivity contribution >= 4 is 16.2 Å². The van der Waals surface area contributed by atoms with Crippen LogP contribution in [0.15, 0.2) is 30.3 Å². The van der Waals surface area contributed by atoms with E-state index in [0.717, 1.165) is 0 Å². The summed E-state index contributed by atoms with van der Waals surface area (Å²) in [5, 5.41) is -0.870. The van der Waals surface area contributed by atoms with Crippen LogP contribution in [-0.4, -0.2) is 13.9 Å². The van der Waals surface area contributed by atoms with Gasteiger partial charge in [0.1, 0.15) is 0 Å². The van der Waals surface area contributed by atoms with Crippen LogP contribution in [0.5, 0.6) is 0 Å². The molecule has 1 aromatic carbocycles. The van der Waals surface area contributed by atoms with Gasteiger partial charge in [-0.3, -0.25) is 9.00 Å². The summed E-state index contributed by atoms with van der Waals surface area (Å²) < 4.78 is 20.3. The number of hydrogen-bond donors (Lipinski definition) is 0. The smallest absolute Gasteiger partial charge is 0.766 e. The first-order valence-corrected chi connectivity index (χ1v) is 3.98. The quantitative estimate of drug-likeness (QED) is 0.372. The van der Waals surface area contributed by atoms with Crippen molar-refractivity contribution in [3.63, 3.8) is 0 Å². The molecule has 5 heteroatoms. The first-order chi connectivity index (χ1) is 5.22. The molecule has 0 aliphatic carbocycles. The normalized spacial score (nSPS) is 11.4.